The van der Waals surface area contributed by atoms with Crippen molar-refractivity contribution in [2.75, 3.05) is 7.11 Å². The quantitative estimate of drug-likeness (QED) is 0.739. The zero-order valence-corrected chi connectivity index (χ0v) is 14.1. The van der Waals surface area contributed by atoms with Crippen LogP contribution in [0.25, 0.3) is 10.2 Å². The fourth-order valence-electron chi connectivity index (χ4n) is 2.55. The molecular formula is C16H18N4O2S. The molecule has 23 heavy (non-hydrogen) atoms. The highest BCUT2D eigenvalue weighted by Crippen LogP contribution is 2.27. The van der Waals surface area contributed by atoms with E-state index in [-0.39, 0.29) is 5.91 Å². The number of carbonyl (C=O) groups excluding carboxylic acids is 1. The third kappa shape index (κ3) is 2.68. The summed E-state index contributed by atoms with van der Waals surface area (Å²) in [5, 5.41) is 4.12. The van der Waals surface area contributed by atoms with E-state index in [9.17, 15) is 4.79 Å². The lowest BCUT2D eigenvalue weighted by Crippen LogP contribution is -2.17. The van der Waals surface area contributed by atoms with Crippen LogP contribution in [0.4, 0.5) is 0 Å². The first-order valence-electron chi connectivity index (χ1n) is 7.46. The van der Waals surface area contributed by atoms with Gasteiger partial charge >= 0.3 is 0 Å². The van der Waals surface area contributed by atoms with E-state index >= 15 is 0 Å². The van der Waals surface area contributed by atoms with Crippen molar-refractivity contribution in [3.8, 4) is 5.75 Å². The molecule has 0 spiro atoms. The van der Waals surface area contributed by atoms with E-state index < -0.39 is 0 Å². The van der Waals surface area contributed by atoms with Gasteiger partial charge in [-0.15, -0.1) is 0 Å². The number of methoxy groups -OCH3 is 1. The van der Waals surface area contributed by atoms with Gasteiger partial charge in [0.05, 0.1) is 11.8 Å². The highest BCUT2D eigenvalue weighted by atomic mass is 32.1. The van der Waals surface area contributed by atoms with E-state index in [1.54, 1.807) is 24.1 Å². The van der Waals surface area contributed by atoms with Crippen LogP contribution in [0.1, 0.15) is 24.3 Å². The van der Waals surface area contributed by atoms with Gasteiger partial charge in [-0.25, -0.2) is 0 Å². The van der Waals surface area contributed by atoms with Gasteiger partial charge in [0.1, 0.15) is 17.0 Å². The minimum atomic E-state index is -0.280. The summed E-state index contributed by atoms with van der Waals surface area (Å²) in [6.45, 7) is 5.32. The van der Waals surface area contributed by atoms with Crippen LogP contribution in [-0.2, 0) is 13.1 Å². The van der Waals surface area contributed by atoms with Crippen LogP contribution < -0.4 is 9.54 Å². The Balaban J connectivity index is 2.18. The van der Waals surface area contributed by atoms with Gasteiger partial charge < -0.3 is 9.30 Å². The Morgan fingerprint density at radius 2 is 2.13 bits per heavy atom. The Bertz CT molecular complexity index is 920. The normalized spacial score (nSPS) is 12.0. The zero-order valence-electron chi connectivity index (χ0n) is 13.3. The van der Waals surface area contributed by atoms with E-state index in [1.807, 2.05) is 36.6 Å². The van der Waals surface area contributed by atoms with E-state index in [0.29, 0.717) is 23.6 Å². The SMILES string of the molecule is CCn1nccc1C(=O)N=c1sc2cccc(OC)c2n1CC. The number of thiazole rings is 1. The number of aromatic nitrogens is 3. The van der Waals surface area contributed by atoms with Crippen molar-refractivity contribution in [3.05, 3.63) is 41.0 Å². The highest BCUT2D eigenvalue weighted by Gasteiger charge is 2.13. The summed E-state index contributed by atoms with van der Waals surface area (Å²) < 4.78 is 10.1. The summed E-state index contributed by atoms with van der Waals surface area (Å²) in [5.41, 5.74) is 1.47. The Morgan fingerprint density at radius 1 is 1.30 bits per heavy atom. The number of para-hydroxylation sites is 1. The summed E-state index contributed by atoms with van der Waals surface area (Å²) in [4.78, 5) is 17.5. The lowest BCUT2D eigenvalue weighted by Gasteiger charge is -2.05. The first kappa shape index (κ1) is 15.5. The lowest BCUT2D eigenvalue weighted by molar-refractivity contribution is 0.0987. The molecule has 1 aromatic carbocycles. The number of rotatable bonds is 4. The summed E-state index contributed by atoms with van der Waals surface area (Å²) >= 11 is 1.48. The third-order valence-corrected chi connectivity index (χ3v) is 4.68. The molecule has 3 aromatic rings. The second kappa shape index (κ2) is 6.37. The second-order valence-electron chi connectivity index (χ2n) is 4.89. The maximum Gasteiger partial charge on any atom is 0.297 e. The number of fused-ring (bicyclic) bond motifs is 1. The van der Waals surface area contributed by atoms with Gasteiger partial charge in [0.2, 0.25) is 0 Å². The second-order valence-corrected chi connectivity index (χ2v) is 5.89. The molecule has 7 heteroatoms. The summed E-state index contributed by atoms with van der Waals surface area (Å²) in [7, 11) is 1.65. The maximum absolute atomic E-state index is 12.5. The van der Waals surface area contributed by atoms with Crippen LogP contribution in [-0.4, -0.2) is 27.4 Å². The smallest absolute Gasteiger partial charge is 0.297 e. The van der Waals surface area contributed by atoms with Gasteiger partial charge in [-0.05, 0) is 32.0 Å². The molecule has 2 aromatic heterocycles. The Kier molecular flexibility index (Phi) is 4.29. The van der Waals surface area contributed by atoms with Crippen molar-refractivity contribution in [2.45, 2.75) is 26.9 Å². The minimum absolute atomic E-state index is 0.280. The molecule has 0 N–H and O–H groups in total. The lowest BCUT2D eigenvalue weighted by atomic mass is 10.3. The van der Waals surface area contributed by atoms with E-state index in [4.69, 9.17) is 4.74 Å². The molecule has 3 rings (SSSR count). The van der Waals surface area contributed by atoms with Crippen molar-refractivity contribution in [2.24, 2.45) is 4.99 Å². The fourth-order valence-corrected chi connectivity index (χ4v) is 3.66. The highest BCUT2D eigenvalue weighted by molar-refractivity contribution is 7.16. The molecule has 120 valence electrons. The van der Waals surface area contributed by atoms with Crippen molar-refractivity contribution in [3.63, 3.8) is 0 Å². The average Bonchev–Trinajstić information content (AvgIpc) is 3.17. The molecule has 0 radical (unpaired) electrons. The van der Waals surface area contributed by atoms with Crippen molar-refractivity contribution >= 4 is 27.5 Å². The first-order valence-corrected chi connectivity index (χ1v) is 8.28. The van der Waals surface area contributed by atoms with Crippen molar-refractivity contribution in [1.29, 1.82) is 0 Å². The number of benzene rings is 1. The minimum Gasteiger partial charge on any atom is -0.495 e. The molecule has 0 aliphatic carbocycles. The largest absolute Gasteiger partial charge is 0.495 e. The number of nitrogens with zero attached hydrogens (tertiary/aromatic N) is 4. The molecule has 0 saturated carbocycles. The van der Waals surface area contributed by atoms with Crippen molar-refractivity contribution in [1.82, 2.24) is 14.3 Å². The van der Waals surface area contributed by atoms with Gasteiger partial charge in [0.25, 0.3) is 5.91 Å². The number of aryl methyl sites for hydroxylation is 2. The number of carbonyl (C=O) groups is 1. The molecule has 6 nitrogen and oxygen atoms in total. The standard InChI is InChI=1S/C16H18N4O2S/c1-4-19-14-12(22-3)7-6-8-13(14)23-16(19)18-15(21)11-9-10-17-20(11)5-2/h6-10H,4-5H2,1-3H3. The van der Waals surface area contributed by atoms with Gasteiger partial charge in [0.15, 0.2) is 4.80 Å². The van der Waals surface area contributed by atoms with Gasteiger partial charge in [-0.3, -0.25) is 9.48 Å². The first-order chi connectivity index (χ1) is 11.2. The summed E-state index contributed by atoms with van der Waals surface area (Å²) in [6.07, 6.45) is 1.62. The molecule has 0 aliphatic rings. The zero-order chi connectivity index (χ0) is 16.4. The molecule has 1 amide bonds. The predicted octanol–water partition coefficient (Wildman–Crippen LogP) is 2.69. The fraction of sp³-hybridized carbons (Fsp3) is 0.312. The van der Waals surface area contributed by atoms with Crippen LogP contribution in [0.3, 0.4) is 0 Å². The third-order valence-electron chi connectivity index (χ3n) is 3.63. The Labute approximate surface area is 137 Å². The van der Waals surface area contributed by atoms with Crippen LogP contribution >= 0.6 is 11.3 Å². The number of hydrogen-bond donors (Lipinski definition) is 0. The maximum atomic E-state index is 12.5. The molecule has 0 saturated heterocycles. The number of ether oxygens (including phenoxy) is 1. The van der Waals surface area contributed by atoms with Crippen LogP contribution in [0.5, 0.6) is 5.75 Å². The van der Waals surface area contributed by atoms with Crippen LogP contribution in [0, 0.1) is 0 Å². The van der Waals surface area contributed by atoms with Crippen LogP contribution in [0.2, 0.25) is 0 Å². The van der Waals surface area contributed by atoms with Gasteiger partial charge in [-0.2, -0.15) is 10.1 Å². The molecular weight excluding hydrogens is 312 g/mol. The molecule has 0 bridgehead atoms. The molecule has 0 atom stereocenters. The molecule has 0 unspecified atom stereocenters. The molecule has 0 fully saturated rings. The summed E-state index contributed by atoms with van der Waals surface area (Å²) in [6, 6.07) is 7.56. The van der Waals surface area contributed by atoms with Crippen molar-refractivity contribution < 1.29 is 9.53 Å². The Hall–Kier alpha value is -2.41. The predicted molar refractivity (Wildman–Crippen MR) is 89.8 cm³/mol. The van der Waals surface area contributed by atoms with E-state index in [2.05, 4.69) is 10.1 Å². The molecule has 2 heterocycles. The average molecular weight is 330 g/mol. The van der Waals surface area contributed by atoms with Gasteiger partial charge in [0, 0.05) is 19.3 Å². The number of amides is 1. The topological polar surface area (TPSA) is 61.4 Å². The van der Waals surface area contributed by atoms with Gasteiger partial charge in [-0.1, -0.05) is 17.4 Å². The number of hydrogen-bond acceptors (Lipinski definition) is 4. The Morgan fingerprint density at radius 3 is 2.83 bits per heavy atom. The van der Waals surface area contributed by atoms with E-state index in [1.165, 1.54) is 11.3 Å². The van der Waals surface area contributed by atoms with Crippen LogP contribution in [0.15, 0.2) is 35.5 Å². The molecule has 0 aliphatic heterocycles. The monoisotopic (exact) mass is 330 g/mol. The summed E-state index contributed by atoms with van der Waals surface area (Å²) in [5.74, 6) is 0.505. The van der Waals surface area contributed by atoms with E-state index in [0.717, 1.165) is 16.0 Å².